The van der Waals surface area contributed by atoms with Crippen molar-refractivity contribution in [1.29, 1.82) is 0 Å². The SMILES string of the molecule is Cc1cc(CN2CCNCC2c2cccnc2)no1. The van der Waals surface area contributed by atoms with Crippen molar-refractivity contribution in [2.75, 3.05) is 19.6 Å². The minimum absolute atomic E-state index is 0.347. The molecule has 1 saturated heterocycles. The molecular formula is C14H18N4O. The van der Waals surface area contributed by atoms with Crippen LogP contribution < -0.4 is 5.32 Å². The van der Waals surface area contributed by atoms with Gasteiger partial charge in [-0.15, -0.1) is 0 Å². The van der Waals surface area contributed by atoms with Crippen molar-refractivity contribution < 1.29 is 4.52 Å². The van der Waals surface area contributed by atoms with Crippen molar-refractivity contribution in [3.8, 4) is 0 Å². The van der Waals surface area contributed by atoms with E-state index < -0.39 is 0 Å². The van der Waals surface area contributed by atoms with Crippen molar-refractivity contribution in [2.45, 2.75) is 19.5 Å². The van der Waals surface area contributed by atoms with Crippen molar-refractivity contribution >= 4 is 0 Å². The molecule has 0 aliphatic carbocycles. The predicted molar refractivity (Wildman–Crippen MR) is 71.5 cm³/mol. The van der Waals surface area contributed by atoms with E-state index in [1.807, 2.05) is 31.5 Å². The van der Waals surface area contributed by atoms with Crippen LogP contribution in [-0.2, 0) is 6.54 Å². The van der Waals surface area contributed by atoms with Crippen LogP contribution in [0.5, 0.6) is 0 Å². The highest BCUT2D eigenvalue weighted by Crippen LogP contribution is 2.23. The summed E-state index contributed by atoms with van der Waals surface area (Å²) in [5.74, 6) is 0.864. The summed E-state index contributed by atoms with van der Waals surface area (Å²) in [4.78, 5) is 6.64. The summed E-state index contributed by atoms with van der Waals surface area (Å²) < 4.78 is 5.14. The van der Waals surface area contributed by atoms with Crippen LogP contribution in [0.3, 0.4) is 0 Å². The van der Waals surface area contributed by atoms with Gasteiger partial charge in [-0.2, -0.15) is 0 Å². The van der Waals surface area contributed by atoms with E-state index in [-0.39, 0.29) is 0 Å². The molecule has 0 spiro atoms. The lowest BCUT2D eigenvalue weighted by Gasteiger charge is -2.35. The summed E-state index contributed by atoms with van der Waals surface area (Å²) in [6.45, 7) is 5.70. The Balaban J connectivity index is 1.77. The highest BCUT2D eigenvalue weighted by atomic mass is 16.5. The second kappa shape index (κ2) is 5.50. The predicted octanol–water partition coefficient (Wildman–Crippen LogP) is 1.52. The molecule has 1 aliphatic rings. The fourth-order valence-electron chi connectivity index (χ4n) is 2.54. The average molecular weight is 258 g/mol. The van der Waals surface area contributed by atoms with Crippen LogP contribution >= 0.6 is 0 Å². The zero-order valence-electron chi connectivity index (χ0n) is 11.0. The number of aryl methyl sites for hydroxylation is 1. The Kier molecular flexibility index (Phi) is 3.57. The second-order valence-electron chi connectivity index (χ2n) is 4.91. The summed E-state index contributed by atoms with van der Waals surface area (Å²) in [6, 6.07) is 6.47. The monoisotopic (exact) mass is 258 g/mol. The van der Waals surface area contributed by atoms with Gasteiger partial charge < -0.3 is 9.84 Å². The molecule has 2 aromatic rings. The molecule has 100 valence electrons. The molecule has 0 aromatic carbocycles. The first-order valence-electron chi connectivity index (χ1n) is 6.60. The van der Waals surface area contributed by atoms with E-state index in [9.17, 15) is 0 Å². The molecule has 0 amide bonds. The second-order valence-corrected chi connectivity index (χ2v) is 4.91. The molecule has 0 radical (unpaired) electrons. The number of hydrogen-bond acceptors (Lipinski definition) is 5. The third-order valence-corrected chi connectivity index (χ3v) is 3.47. The lowest BCUT2D eigenvalue weighted by molar-refractivity contribution is 0.149. The zero-order chi connectivity index (χ0) is 13.1. The average Bonchev–Trinajstić information content (AvgIpc) is 2.86. The normalized spacial score (nSPS) is 20.6. The minimum atomic E-state index is 0.347. The van der Waals surface area contributed by atoms with Gasteiger partial charge in [0, 0.05) is 50.7 Å². The van der Waals surface area contributed by atoms with Crippen molar-refractivity contribution in [3.63, 3.8) is 0 Å². The first kappa shape index (κ1) is 12.3. The van der Waals surface area contributed by atoms with Gasteiger partial charge in [0.05, 0.1) is 5.69 Å². The number of rotatable bonds is 3. The Morgan fingerprint density at radius 3 is 3.21 bits per heavy atom. The maximum Gasteiger partial charge on any atom is 0.133 e. The third-order valence-electron chi connectivity index (χ3n) is 3.47. The van der Waals surface area contributed by atoms with E-state index in [0.29, 0.717) is 6.04 Å². The Labute approximate surface area is 112 Å². The Morgan fingerprint density at radius 2 is 2.47 bits per heavy atom. The molecule has 1 fully saturated rings. The fraction of sp³-hybridized carbons (Fsp3) is 0.429. The molecule has 1 N–H and O–H groups in total. The highest BCUT2D eigenvalue weighted by Gasteiger charge is 2.24. The van der Waals surface area contributed by atoms with Gasteiger partial charge >= 0.3 is 0 Å². The molecule has 1 aliphatic heterocycles. The van der Waals surface area contributed by atoms with Crippen LogP contribution in [0.15, 0.2) is 35.1 Å². The number of nitrogens with one attached hydrogen (secondary N) is 1. The molecule has 2 aromatic heterocycles. The summed E-state index contributed by atoms with van der Waals surface area (Å²) >= 11 is 0. The van der Waals surface area contributed by atoms with Crippen LogP contribution in [0.4, 0.5) is 0 Å². The van der Waals surface area contributed by atoms with Crippen molar-refractivity contribution in [2.24, 2.45) is 0 Å². The zero-order valence-corrected chi connectivity index (χ0v) is 11.0. The molecule has 5 heteroatoms. The van der Waals surface area contributed by atoms with Crippen LogP contribution in [0.2, 0.25) is 0 Å². The van der Waals surface area contributed by atoms with Gasteiger partial charge in [-0.25, -0.2) is 0 Å². The summed E-state index contributed by atoms with van der Waals surface area (Å²) in [6.07, 6.45) is 3.75. The van der Waals surface area contributed by atoms with Gasteiger partial charge in [0.15, 0.2) is 0 Å². The Hall–Kier alpha value is -1.72. The van der Waals surface area contributed by atoms with E-state index in [1.54, 1.807) is 0 Å². The number of piperazine rings is 1. The number of hydrogen-bond donors (Lipinski definition) is 1. The lowest BCUT2D eigenvalue weighted by atomic mass is 10.1. The topological polar surface area (TPSA) is 54.2 Å². The molecular weight excluding hydrogens is 240 g/mol. The van der Waals surface area contributed by atoms with Crippen LogP contribution in [0.25, 0.3) is 0 Å². The molecule has 0 saturated carbocycles. The summed E-state index contributed by atoms with van der Waals surface area (Å²) in [7, 11) is 0. The van der Waals surface area contributed by atoms with Crippen molar-refractivity contribution in [3.05, 3.63) is 47.6 Å². The number of nitrogens with zero attached hydrogens (tertiary/aromatic N) is 3. The van der Waals surface area contributed by atoms with Crippen molar-refractivity contribution in [1.82, 2.24) is 20.4 Å². The highest BCUT2D eigenvalue weighted by molar-refractivity contribution is 5.16. The first-order valence-corrected chi connectivity index (χ1v) is 6.60. The fourth-order valence-corrected chi connectivity index (χ4v) is 2.54. The van der Waals surface area contributed by atoms with Gasteiger partial charge in [-0.05, 0) is 18.6 Å². The van der Waals surface area contributed by atoms with Gasteiger partial charge in [0.2, 0.25) is 0 Å². The Bertz CT molecular complexity index is 525. The molecule has 0 bridgehead atoms. The van der Waals surface area contributed by atoms with E-state index in [4.69, 9.17) is 4.52 Å². The van der Waals surface area contributed by atoms with E-state index in [1.165, 1.54) is 5.56 Å². The smallest absolute Gasteiger partial charge is 0.133 e. The minimum Gasteiger partial charge on any atom is -0.361 e. The molecule has 3 rings (SSSR count). The first-order chi connectivity index (χ1) is 9.33. The maximum atomic E-state index is 5.14. The molecule has 1 atom stereocenters. The van der Waals surface area contributed by atoms with Gasteiger partial charge in [-0.1, -0.05) is 11.2 Å². The Morgan fingerprint density at radius 1 is 1.53 bits per heavy atom. The molecule has 1 unspecified atom stereocenters. The number of aromatic nitrogens is 2. The van der Waals surface area contributed by atoms with Gasteiger partial charge in [-0.3, -0.25) is 9.88 Å². The third kappa shape index (κ3) is 2.83. The summed E-state index contributed by atoms with van der Waals surface area (Å²) in [5, 5.41) is 7.53. The van der Waals surface area contributed by atoms with Crippen LogP contribution in [0, 0.1) is 6.92 Å². The van der Waals surface area contributed by atoms with Crippen LogP contribution in [-0.4, -0.2) is 34.7 Å². The standard InChI is InChI=1S/C14H18N4O/c1-11-7-13(17-19-11)10-18-6-5-16-9-14(18)12-3-2-4-15-8-12/h2-4,7-8,14,16H,5-6,9-10H2,1H3. The maximum absolute atomic E-state index is 5.14. The van der Waals surface area contributed by atoms with Gasteiger partial charge in [0.25, 0.3) is 0 Å². The molecule has 19 heavy (non-hydrogen) atoms. The van der Waals surface area contributed by atoms with E-state index >= 15 is 0 Å². The van der Waals surface area contributed by atoms with E-state index in [0.717, 1.165) is 37.6 Å². The van der Waals surface area contributed by atoms with E-state index in [2.05, 4.69) is 26.4 Å². The molecule has 3 heterocycles. The van der Waals surface area contributed by atoms with Gasteiger partial charge in [0.1, 0.15) is 5.76 Å². The quantitative estimate of drug-likeness (QED) is 0.904. The lowest BCUT2D eigenvalue weighted by Crippen LogP contribution is -2.45. The number of pyridine rings is 1. The van der Waals surface area contributed by atoms with Crippen LogP contribution in [0.1, 0.15) is 23.1 Å². The summed E-state index contributed by atoms with van der Waals surface area (Å²) in [5.41, 5.74) is 2.24. The molecule has 5 nitrogen and oxygen atoms in total. The largest absolute Gasteiger partial charge is 0.361 e.